The Morgan fingerprint density at radius 2 is 2.14 bits per heavy atom. The van der Waals surface area contributed by atoms with Crippen LogP contribution in [0, 0.1) is 5.82 Å². The zero-order valence-electron chi connectivity index (χ0n) is 12.8. The van der Waals surface area contributed by atoms with Crippen molar-refractivity contribution in [3.63, 3.8) is 0 Å². The molecule has 1 aromatic carbocycles. The van der Waals surface area contributed by atoms with Crippen molar-refractivity contribution in [2.24, 2.45) is 0 Å². The molecule has 2 aromatic rings. The number of nitrogens with zero attached hydrogens (tertiary/aromatic N) is 3. The van der Waals surface area contributed by atoms with Crippen LogP contribution in [0.25, 0.3) is 0 Å². The van der Waals surface area contributed by atoms with Gasteiger partial charge in [-0.3, -0.25) is 0 Å². The van der Waals surface area contributed by atoms with Crippen molar-refractivity contribution >= 4 is 16.7 Å². The first-order valence-electron chi connectivity index (χ1n) is 7.60. The molecule has 0 aliphatic carbocycles. The first kappa shape index (κ1) is 15.4. The van der Waals surface area contributed by atoms with Crippen LogP contribution in [0.1, 0.15) is 37.3 Å². The zero-order valence-corrected chi connectivity index (χ0v) is 13.6. The molecule has 1 fully saturated rings. The van der Waals surface area contributed by atoms with E-state index in [1.165, 1.54) is 23.7 Å². The van der Waals surface area contributed by atoms with E-state index in [4.69, 9.17) is 4.74 Å². The molecule has 0 spiro atoms. The summed E-state index contributed by atoms with van der Waals surface area (Å²) >= 11 is 1.45. The largest absolute Gasteiger partial charge is 0.373 e. The topological polar surface area (TPSA) is 38.2 Å². The Balaban J connectivity index is 1.70. The summed E-state index contributed by atoms with van der Waals surface area (Å²) in [7, 11) is 2.07. The zero-order chi connectivity index (χ0) is 15.5. The van der Waals surface area contributed by atoms with Gasteiger partial charge in [-0.05, 0) is 30.5 Å². The van der Waals surface area contributed by atoms with Crippen LogP contribution in [-0.2, 0) is 11.2 Å². The van der Waals surface area contributed by atoms with Crippen molar-refractivity contribution in [2.75, 3.05) is 18.6 Å². The first-order chi connectivity index (χ1) is 10.7. The van der Waals surface area contributed by atoms with E-state index >= 15 is 0 Å². The molecule has 3 rings (SSSR count). The van der Waals surface area contributed by atoms with Gasteiger partial charge in [-0.1, -0.05) is 19.1 Å². The Bertz CT molecular complexity index is 616. The molecule has 1 saturated heterocycles. The van der Waals surface area contributed by atoms with Crippen LogP contribution >= 0.6 is 11.5 Å². The second-order valence-electron chi connectivity index (χ2n) is 5.55. The Hall–Kier alpha value is -1.53. The Morgan fingerprint density at radius 3 is 2.82 bits per heavy atom. The van der Waals surface area contributed by atoms with E-state index < -0.39 is 0 Å². The van der Waals surface area contributed by atoms with Crippen LogP contribution < -0.4 is 4.90 Å². The number of benzene rings is 1. The predicted molar refractivity (Wildman–Crippen MR) is 85.8 cm³/mol. The predicted octanol–water partition coefficient (Wildman–Crippen LogP) is 3.60. The van der Waals surface area contributed by atoms with E-state index in [9.17, 15) is 4.39 Å². The molecule has 1 aliphatic rings. The summed E-state index contributed by atoms with van der Waals surface area (Å²) in [5.41, 5.74) is 1.03. The summed E-state index contributed by atoms with van der Waals surface area (Å²) in [4.78, 5) is 6.76. The molecule has 2 atom stereocenters. The lowest BCUT2D eigenvalue weighted by Gasteiger charge is -2.35. The summed E-state index contributed by atoms with van der Waals surface area (Å²) in [5, 5.41) is 0.960. The van der Waals surface area contributed by atoms with Crippen molar-refractivity contribution in [3.8, 4) is 0 Å². The van der Waals surface area contributed by atoms with Gasteiger partial charge < -0.3 is 9.64 Å². The normalized spacial score (nSPS) is 21.8. The Labute approximate surface area is 134 Å². The van der Waals surface area contributed by atoms with Crippen LogP contribution in [0.5, 0.6) is 0 Å². The third kappa shape index (κ3) is 3.28. The third-order valence-electron chi connectivity index (χ3n) is 4.12. The Morgan fingerprint density at radius 1 is 1.36 bits per heavy atom. The number of anilines is 1. The van der Waals surface area contributed by atoms with Gasteiger partial charge in [0.25, 0.3) is 0 Å². The highest BCUT2D eigenvalue weighted by atomic mass is 32.1. The van der Waals surface area contributed by atoms with Crippen molar-refractivity contribution in [2.45, 2.75) is 38.3 Å². The quantitative estimate of drug-likeness (QED) is 0.862. The average Bonchev–Trinajstić information content (AvgIpc) is 3.04. The van der Waals surface area contributed by atoms with E-state index in [1.54, 1.807) is 0 Å². The standard InChI is InChI=1S/C16H20FN3OS/c1-3-15-18-16(22-19-15)20(2)13-8-9-21-14(10-13)11-4-6-12(17)7-5-11/h4-7,13-14H,3,8-10H2,1-2H3/t13-,14+/m1/s1. The maximum atomic E-state index is 13.1. The van der Waals surface area contributed by atoms with Gasteiger partial charge >= 0.3 is 0 Å². The lowest BCUT2D eigenvalue weighted by molar-refractivity contribution is 0.00588. The number of halogens is 1. The number of hydrogen-bond acceptors (Lipinski definition) is 5. The molecule has 0 N–H and O–H groups in total. The van der Waals surface area contributed by atoms with E-state index in [1.807, 2.05) is 12.1 Å². The van der Waals surface area contributed by atoms with E-state index in [2.05, 4.69) is 28.2 Å². The van der Waals surface area contributed by atoms with Gasteiger partial charge in [-0.25, -0.2) is 9.37 Å². The lowest BCUT2D eigenvalue weighted by Crippen LogP contribution is -2.37. The van der Waals surface area contributed by atoms with Gasteiger partial charge in [-0.2, -0.15) is 4.37 Å². The van der Waals surface area contributed by atoms with Crippen molar-refractivity contribution in [1.29, 1.82) is 0 Å². The molecule has 0 unspecified atom stereocenters. The lowest BCUT2D eigenvalue weighted by atomic mass is 9.97. The van der Waals surface area contributed by atoms with Crippen molar-refractivity contribution in [3.05, 3.63) is 41.5 Å². The highest BCUT2D eigenvalue weighted by Gasteiger charge is 2.28. The smallest absolute Gasteiger partial charge is 0.205 e. The second kappa shape index (κ2) is 6.71. The number of aryl methyl sites for hydroxylation is 1. The third-order valence-corrected chi connectivity index (χ3v) is 4.97. The van der Waals surface area contributed by atoms with Crippen LogP contribution in [-0.4, -0.2) is 29.1 Å². The average molecular weight is 321 g/mol. The molecular weight excluding hydrogens is 301 g/mol. The van der Waals surface area contributed by atoms with Gasteiger partial charge in [0.1, 0.15) is 11.6 Å². The van der Waals surface area contributed by atoms with Crippen molar-refractivity contribution < 1.29 is 9.13 Å². The minimum atomic E-state index is -0.214. The van der Waals surface area contributed by atoms with Gasteiger partial charge in [0.2, 0.25) is 5.13 Å². The van der Waals surface area contributed by atoms with Crippen LogP contribution in [0.15, 0.2) is 24.3 Å². The maximum absolute atomic E-state index is 13.1. The van der Waals surface area contributed by atoms with Gasteiger partial charge in [0, 0.05) is 37.6 Å². The molecule has 1 aliphatic heterocycles. The molecule has 0 bridgehead atoms. The molecule has 4 nitrogen and oxygen atoms in total. The SMILES string of the molecule is CCc1nsc(N(C)[C@@H]2CCO[C@H](c3ccc(F)cc3)C2)n1. The monoisotopic (exact) mass is 321 g/mol. The van der Waals surface area contributed by atoms with Crippen molar-refractivity contribution in [1.82, 2.24) is 9.36 Å². The molecule has 0 saturated carbocycles. The summed E-state index contributed by atoms with van der Waals surface area (Å²) in [5.74, 6) is 0.683. The first-order valence-corrected chi connectivity index (χ1v) is 8.37. The second-order valence-corrected chi connectivity index (χ2v) is 6.28. The van der Waals surface area contributed by atoms with Gasteiger partial charge in [-0.15, -0.1) is 0 Å². The molecular formula is C16H20FN3OS. The highest BCUT2D eigenvalue weighted by molar-refractivity contribution is 7.09. The van der Waals surface area contributed by atoms with Crippen LogP contribution in [0.4, 0.5) is 9.52 Å². The summed E-state index contributed by atoms with van der Waals surface area (Å²) in [6.07, 6.45) is 2.72. The fourth-order valence-electron chi connectivity index (χ4n) is 2.73. The molecule has 1 aromatic heterocycles. The maximum Gasteiger partial charge on any atom is 0.205 e. The molecule has 22 heavy (non-hydrogen) atoms. The van der Waals surface area contributed by atoms with E-state index in [-0.39, 0.29) is 11.9 Å². The number of aromatic nitrogens is 2. The molecule has 2 heterocycles. The van der Waals surface area contributed by atoms with Gasteiger partial charge in [0.15, 0.2) is 0 Å². The molecule has 0 amide bonds. The number of rotatable bonds is 4. The summed E-state index contributed by atoms with van der Waals surface area (Å²) < 4.78 is 23.3. The molecule has 6 heteroatoms. The van der Waals surface area contributed by atoms with Crippen LogP contribution in [0.3, 0.4) is 0 Å². The molecule has 0 radical (unpaired) electrons. The van der Waals surface area contributed by atoms with E-state index in [0.717, 1.165) is 35.8 Å². The molecule has 118 valence electrons. The van der Waals surface area contributed by atoms with E-state index in [0.29, 0.717) is 12.6 Å². The minimum Gasteiger partial charge on any atom is -0.373 e. The Kier molecular flexibility index (Phi) is 4.69. The fourth-order valence-corrected chi connectivity index (χ4v) is 3.51. The number of ether oxygens (including phenoxy) is 1. The number of hydrogen-bond donors (Lipinski definition) is 0. The summed E-state index contributed by atoms with van der Waals surface area (Å²) in [6, 6.07) is 6.96. The van der Waals surface area contributed by atoms with Crippen LogP contribution in [0.2, 0.25) is 0 Å². The highest BCUT2D eigenvalue weighted by Crippen LogP contribution is 2.32. The summed E-state index contributed by atoms with van der Waals surface area (Å²) in [6.45, 7) is 2.77. The fraction of sp³-hybridized carbons (Fsp3) is 0.500. The minimum absolute atomic E-state index is 0.0142. The van der Waals surface area contributed by atoms with Gasteiger partial charge in [0.05, 0.1) is 6.10 Å².